The van der Waals surface area contributed by atoms with Crippen molar-refractivity contribution in [3.05, 3.63) is 66.8 Å². The normalized spacial score (nSPS) is 13.6. The Balaban J connectivity index is 3.45. The van der Waals surface area contributed by atoms with E-state index in [1.54, 1.807) is 44.2 Å². The number of anilines is 1. The Morgan fingerprint density at radius 2 is 1.85 bits per heavy atom. The van der Waals surface area contributed by atoms with Gasteiger partial charge in [-0.1, -0.05) is 43.5 Å². The van der Waals surface area contributed by atoms with Crippen LogP contribution in [0.5, 0.6) is 0 Å². The van der Waals surface area contributed by atoms with Crippen molar-refractivity contribution in [1.82, 2.24) is 0 Å². The van der Waals surface area contributed by atoms with E-state index in [0.717, 1.165) is 11.1 Å². The van der Waals surface area contributed by atoms with E-state index in [1.165, 1.54) is 0 Å². The van der Waals surface area contributed by atoms with Gasteiger partial charge in [-0.2, -0.15) is 0 Å². The summed E-state index contributed by atoms with van der Waals surface area (Å²) in [5.74, 6) is -1.19. The van der Waals surface area contributed by atoms with Gasteiger partial charge < -0.3 is 10.8 Å². The topological polar surface area (TPSA) is 63.3 Å². The second kappa shape index (κ2) is 6.24. The summed E-state index contributed by atoms with van der Waals surface area (Å²) < 4.78 is 0. The number of carboxylic acids is 1. The summed E-state index contributed by atoms with van der Waals surface area (Å²) in [4.78, 5) is 11.6. The second-order valence-corrected chi connectivity index (χ2v) is 5.23. The first-order chi connectivity index (χ1) is 9.34. The van der Waals surface area contributed by atoms with Crippen LogP contribution in [0, 0.1) is 5.41 Å². The monoisotopic (exact) mass is 271 g/mol. The van der Waals surface area contributed by atoms with Gasteiger partial charge in [0.2, 0.25) is 0 Å². The molecule has 0 radical (unpaired) electrons. The first-order valence-corrected chi connectivity index (χ1v) is 6.38. The van der Waals surface area contributed by atoms with E-state index in [-0.39, 0.29) is 5.92 Å². The Kier molecular flexibility index (Phi) is 4.92. The van der Waals surface area contributed by atoms with E-state index in [4.69, 9.17) is 5.73 Å². The lowest BCUT2D eigenvalue weighted by Crippen LogP contribution is -2.32. The van der Waals surface area contributed by atoms with Crippen LogP contribution in [0.2, 0.25) is 0 Å². The number of nitrogens with two attached hydrogens (primary N) is 1. The van der Waals surface area contributed by atoms with Crippen molar-refractivity contribution >= 4 is 11.7 Å². The molecule has 1 atom stereocenters. The molecule has 0 fully saturated rings. The minimum Gasteiger partial charge on any atom is -0.481 e. The molecule has 1 rings (SSSR count). The van der Waals surface area contributed by atoms with Crippen molar-refractivity contribution in [3.8, 4) is 0 Å². The SMILES string of the molecule is C=C/C=C(\C=C)C(c1ccc(N)cc1)C(C)(C)C(=O)O. The van der Waals surface area contributed by atoms with Crippen molar-refractivity contribution in [1.29, 1.82) is 0 Å². The summed E-state index contributed by atoms with van der Waals surface area (Å²) in [7, 11) is 0. The molecule has 3 nitrogen and oxygen atoms in total. The van der Waals surface area contributed by atoms with Crippen molar-refractivity contribution in [3.63, 3.8) is 0 Å². The van der Waals surface area contributed by atoms with Crippen LogP contribution in [0.1, 0.15) is 25.3 Å². The number of hydrogen-bond donors (Lipinski definition) is 2. The molecule has 0 saturated heterocycles. The van der Waals surface area contributed by atoms with Crippen molar-refractivity contribution in [2.45, 2.75) is 19.8 Å². The molecule has 0 amide bonds. The third kappa shape index (κ3) is 3.18. The molecule has 3 heteroatoms. The van der Waals surface area contributed by atoms with Gasteiger partial charge in [0.05, 0.1) is 5.41 Å². The van der Waals surface area contributed by atoms with E-state index < -0.39 is 11.4 Å². The first kappa shape index (κ1) is 15.8. The van der Waals surface area contributed by atoms with Gasteiger partial charge in [0, 0.05) is 11.6 Å². The molecule has 0 aliphatic heterocycles. The average molecular weight is 271 g/mol. The third-order valence-electron chi connectivity index (χ3n) is 3.42. The van der Waals surface area contributed by atoms with Gasteiger partial charge in [-0.25, -0.2) is 0 Å². The molecule has 1 unspecified atom stereocenters. The van der Waals surface area contributed by atoms with Crippen LogP contribution in [-0.4, -0.2) is 11.1 Å². The number of carboxylic acid groups (broad SMARTS) is 1. The predicted molar refractivity (Wildman–Crippen MR) is 83.5 cm³/mol. The van der Waals surface area contributed by atoms with E-state index in [9.17, 15) is 9.90 Å². The molecule has 0 aromatic heterocycles. The number of nitrogen functional groups attached to an aromatic ring is 1. The smallest absolute Gasteiger partial charge is 0.310 e. The molecule has 0 bridgehead atoms. The highest BCUT2D eigenvalue weighted by molar-refractivity contribution is 5.76. The van der Waals surface area contributed by atoms with Gasteiger partial charge in [0.1, 0.15) is 0 Å². The van der Waals surface area contributed by atoms with Gasteiger partial charge in [0.15, 0.2) is 0 Å². The minimum atomic E-state index is -0.973. The number of hydrogen-bond acceptors (Lipinski definition) is 2. The Hall–Kier alpha value is -2.29. The lowest BCUT2D eigenvalue weighted by molar-refractivity contribution is -0.147. The number of carbonyl (C=O) groups is 1. The van der Waals surface area contributed by atoms with E-state index >= 15 is 0 Å². The molecule has 1 aromatic rings. The molecule has 0 spiro atoms. The number of aliphatic carboxylic acids is 1. The summed E-state index contributed by atoms with van der Waals surface area (Å²) in [6.07, 6.45) is 5.10. The summed E-state index contributed by atoms with van der Waals surface area (Å²) in [5.41, 5.74) is 7.07. The lowest BCUT2D eigenvalue weighted by atomic mass is 9.70. The molecule has 3 N–H and O–H groups in total. The fourth-order valence-electron chi connectivity index (χ4n) is 2.26. The molecule has 0 aliphatic rings. The van der Waals surface area contributed by atoms with Crippen LogP contribution in [0.3, 0.4) is 0 Å². The lowest BCUT2D eigenvalue weighted by Gasteiger charge is -2.32. The maximum absolute atomic E-state index is 11.6. The molecule has 0 aliphatic carbocycles. The summed E-state index contributed by atoms with van der Waals surface area (Å²) in [6, 6.07) is 7.25. The van der Waals surface area contributed by atoms with Crippen LogP contribution in [0.25, 0.3) is 0 Å². The average Bonchev–Trinajstić information content (AvgIpc) is 2.39. The molecule has 0 saturated carbocycles. The quantitative estimate of drug-likeness (QED) is 0.611. The summed E-state index contributed by atoms with van der Waals surface area (Å²) >= 11 is 0. The molecular weight excluding hydrogens is 250 g/mol. The summed E-state index contributed by atoms with van der Waals surface area (Å²) in [6.45, 7) is 10.9. The highest BCUT2D eigenvalue weighted by Crippen LogP contribution is 2.42. The van der Waals surface area contributed by atoms with Crippen LogP contribution in [0.4, 0.5) is 5.69 Å². The Bertz CT molecular complexity index is 539. The molecule has 20 heavy (non-hydrogen) atoms. The molecule has 1 aromatic carbocycles. The van der Waals surface area contributed by atoms with Gasteiger partial charge >= 0.3 is 5.97 Å². The Labute approximate surface area is 120 Å². The number of rotatable bonds is 6. The summed E-state index contributed by atoms with van der Waals surface area (Å²) in [5, 5.41) is 9.53. The van der Waals surface area contributed by atoms with Crippen LogP contribution in [0.15, 0.2) is 61.2 Å². The molecule has 0 heterocycles. The van der Waals surface area contributed by atoms with Crippen molar-refractivity contribution in [2.75, 3.05) is 5.73 Å². The second-order valence-electron chi connectivity index (χ2n) is 5.23. The zero-order valence-corrected chi connectivity index (χ0v) is 12.0. The predicted octanol–water partition coefficient (Wildman–Crippen LogP) is 3.76. The largest absolute Gasteiger partial charge is 0.481 e. The van der Waals surface area contributed by atoms with Gasteiger partial charge in [-0.15, -0.1) is 0 Å². The standard InChI is InChI=1S/C17H21NO2/c1-5-7-12(6-2)15(17(3,4)16(19)20)13-8-10-14(18)11-9-13/h5-11,15H,1-2,18H2,3-4H3,(H,19,20)/b12-7+. The maximum atomic E-state index is 11.6. The van der Waals surface area contributed by atoms with E-state index in [1.807, 2.05) is 12.1 Å². The first-order valence-electron chi connectivity index (χ1n) is 6.38. The van der Waals surface area contributed by atoms with Gasteiger partial charge in [-0.3, -0.25) is 4.79 Å². The Morgan fingerprint density at radius 3 is 2.25 bits per heavy atom. The van der Waals surface area contributed by atoms with E-state index in [0.29, 0.717) is 5.69 Å². The number of allylic oxidation sites excluding steroid dienone is 4. The van der Waals surface area contributed by atoms with E-state index in [2.05, 4.69) is 13.2 Å². The third-order valence-corrected chi connectivity index (χ3v) is 3.42. The molecule has 106 valence electrons. The highest BCUT2D eigenvalue weighted by Gasteiger charge is 2.39. The minimum absolute atomic E-state index is 0.323. The fraction of sp³-hybridized carbons (Fsp3) is 0.235. The highest BCUT2D eigenvalue weighted by atomic mass is 16.4. The van der Waals surface area contributed by atoms with Gasteiger partial charge in [-0.05, 0) is 37.1 Å². The fourth-order valence-corrected chi connectivity index (χ4v) is 2.26. The van der Waals surface area contributed by atoms with Crippen LogP contribution < -0.4 is 5.73 Å². The zero-order valence-electron chi connectivity index (χ0n) is 12.0. The Morgan fingerprint density at radius 1 is 1.30 bits per heavy atom. The van der Waals surface area contributed by atoms with Crippen LogP contribution in [-0.2, 0) is 4.79 Å². The maximum Gasteiger partial charge on any atom is 0.310 e. The zero-order chi connectivity index (χ0) is 15.3. The van der Waals surface area contributed by atoms with Crippen molar-refractivity contribution in [2.24, 2.45) is 5.41 Å². The molecular formula is C17H21NO2. The van der Waals surface area contributed by atoms with Crippen LogP contribution >= 0.6 is 0 Å². The number of benzene rings is 1. The van der Waals surface area contributed by atoms with Crippen molar-refractivity contribution < 1.29 is 9.90 Å². The van der Waals surface area contributed by atoms with Gasteiger partial charge in [0.25, 0.3) is 0 Å².